The minimum absolute atomic E-state index is 0.0123. The molecule has 2 aromatic carbocycles. The molecule has 0 fully saturated rings. The maximum atomic E-state index is 13.6. The number of nitrogens with one attached hydrogen (secondary N) is 1. The Balaban J connectivity index is 1.77. The quantitative estimate of drug-likeness (QED) is 0.660. The van der Waals surface area contributed by atoms with Gasteiger partial charge in [0.1, 0.15) is 0 Å². The van der Waals surface area contributed by atoms with Gasteiger partial charge in [-0.05, 0) is 42.3 Å². The molecule has 27 heavy (non-hydrogen) atoms. The number of halogens is 1. The van der Waals surface area contributed by atoms with E-state index in [9.17, 15) is 18.8 Å². The molecule has 0 unspecified atom stereocenters. The SMILES string of the molecule is COc1ccc(C(=O)CCC(=O)NCCc2cccc(C(=O)O)c2)cc1F. The van der Waals surface area contributed by atoms with Crippen LogP contribution >= 0.6 is 0 Å². The zero-order chi connectivity index (χ0) is 19.8. The van der Waals surface area contributed by atoms with Gasteiger partial charge in [0.2, 0.25) is 5.91 Å². The molecule has 2 rings (SSSR count). The van der Waals surface area contributed by atoms with Gasteiger partial charge in [0, 0.05) is 24.9 Å². The Kier molecular flexibility index (Phi) is 7.05. The van der Waals surface area contributed by atoms with Gasteiger partial charge in [-0.1, -0.05) is 12.1 Å². The lowest BCUT2D eigenvalue weighted by Gasteiger charge is -2.07. The number of aromatic carboxylic acids is 1. The number of benzene rings is 2. The number of rotatable bonds is 9. The van der Waals surface area contributed by atoms with E-state index < -0.39 is 11.8 Å². The second-order valence-corrected chi connectivity index (χ2v) is 5.88. The van der Waals surface area contributed by atoms with Crippen molar-refractivity contribution in [2.75, 3.05) is 13.7 Å². The van der Waals surface area contributed by atoms with E-state index in [1.807, 2.05) is 0 Å². The first-order valence-electron chi connectivity index (χ1n) is 8.36. The molecule has 6 nitrogen and oxygen atoms in total. The van der Waals surface area contributed by atoms with Gasteiger partial charge in [-0.15, -0.1) is 0 Å². The molecule has 142 valence electrons. The summed E-state index contributed by atoms with van der Waals surface area (Å²) in [5, 5.41) is 11.6. The van der Waals surface area contributed by atoms with Crippen molar-refractivity contribution < 1.29 is 28.6 Å². The number of carbonyl (C=O) groups is 3. The Morgan fingerprint density at radius 3 is 2.52 bits per heavy atom. The van der Waals surface area contributed by atoms with Crippen LogP contribution in [0, 0.1) is 5.82 Å². The topological polar surface area (TPSA) is 92.7 Å². The van der Waals surface area contributed by atoms with Crippen molar-refractivity contribution in [1.82, 2.24) is 5.32 Å². The van der Waals surface area contributed by atoms with E-state index in [0.717, 1.165) is 11.6 Å². The van der Waals surface area contributed by atoms with Crippen LogP contribution in [0.2, 0.25) is 0 Å². The number of carboxylic acids is 1. The molecule has 0 bridgehead atoms. The van der Waals surface area contributed by atoms with Crippen molar-refractivity contribution in [2.24, 2.45) is 0 Å². The summed E-state index contributed by atoms with van der Waals surface area (Å²) in [5.41, 5.74) is 1.17. The fraction of sp³-hybridized carbons (Fsp3) is 0.250. The first kappa shape index (κ1) is 20.1. The Hall–Kier alpha value is -3.22. The van der Waals surface area contributed by atoms with Crippen LogP contribution in [0.3, 0.4) is 0 Å². The number of ketones is 1. The zero-order valence-electron chi connectivity index (χ0n) is 14.8. The molecule has 0 aliphatic heterocycles. The summed E-state index contributed by atoms with van der Waals surface area (Å²) in [6.45, 7) is 0.327. The summed E-state index contributed by atoms with van der Waals surface area (Å²) in [6, 6.07) is 10.4. The van der Waals surface area contributed by atoms with Gasteiger partial charge < -0.3 is 15.2 Å². The third-order valence-electron chi connectivity index (χ3n) is 3.96. The van der Waals surface area contributed by atoms with Crippen LogP contribution in [0.5, 0.6) is 5.75 Å². The Bertz CT molecular complexity index is 850. The number of hydrogen-bond acceptors (Lipinski definition) is 4. The third kappa shape index (κ3) is 5.91. The Morgan fingerprint density at radius 2 is 1.85 bits per heavy atom. The summed E-state index contributed by atoms with van der Waals surface area (Å²) in [5.74, 6) is -2.21. The van der Waals surface area contributed by atoms with Crippen LogP contribution in [-0.4, -0.2) is 36.4 Å². The molecule has 0 spiro atoms. The van der Waals surface area contributed by atoms with Crippen molar-refractivity contribution in [3.63, 3.8) is 0 Å². The largest absolute Gasteiger partial charge is 0.494 e. The number of carbonyl (C=O) groups excluding carboxylic acids is 2. The smallest absolute Gasteiger partial charge is 0.335 e. The normalized spacial score (nSPS) is 10.3. The maximum Gasteiger partial charge on any atom is 0.335 e. The molecular formula is C20H20FNO5. The highest BCUT2D eigenvalue weighted by molar-refractivity contribution is 5.98. The van der Waals surface area contributed by atoms with Crippen LogP contribution in [0.4, 0.5) is 4.39 Å². The van der Waals surface area contributed by atoms with E-state index in [-0.39, 0.29) is 41.4 Å². The predicted molar refractivity (Wildman–Crippen MR) is 96.6 cm³/mol. The van der Waals surface area contributed by atoms with Gasteiger partial charge >= 0.3 is 5.97 Å². The predicted octanol–water partition coefficient (Wildman–Crippen LogP) is 2.85. The molecule has 0 saturated heterocycles. The molecule has 0 radical (unpaired) electrons. The maximum absolute atomic E-state index is 13.6. The number of carboxylic acid groups (broad SMARTS) is 1. The summed E-state index contributed by atoms with van der Waals surface area (Å²) >= 11 is 0. The molecule has 0 saturated carbocycles. The number of hydrogen-bond donors (Lipinski definition) is 2. The molecule has 0 atom stereocenters. The highest BCUT2D eigenvalue weighted by Crippen LogP contribution is 2.18. The first-order valence-corrected chi connectivity index (χ1v) is 8.36. The fourth-order valence-corrected chi connectivity index (χ4v) is 2.51. The van der Waals surface area contributed by atoms with Crippen molar-refractivity contribution in [3.05, 3.63) is 65.0 Å². The van der Waals surface area contributed by atoms with Crippen LogP contribution < -0.4 is 10.1 Å². The third-order valence-corrected chi connectivity index (χ3v) is 3.96. The first-order chi connectivity index (χ1) is 12.9. The van der Waals surface area contributed by atoms with Crippen molar-refractivity contribution in [2.45, 2.75) is 19.3 Å². The summed E-state index contributed by atoms with van der Waals surface area (Å²) in [4.78, 5) is 34.8. The van der Waals surface area contributed by atoms with Gasteiger partial charge in [-0.25, -0.2) is 9.18 Å². The average Bonchev–Trinajstić information content (AvgIpc) is 2.66. The second-order valence-electron chi connectivity index (χ2n) is 5.88. The summed E-state index contributed by atoms with van der Waals surface area (Å²) < 4.78 is 18.4. The van der Waals surface area contributed by atoms with E-state index in [2.05, 4.69) is 5.32 Å². The zero-order valence-corrected chi connectivity index (χ0v) is 14.8. The van der Waals surface area contributed by atoms with Crippen molar-refractivity contribution in [1.29, 1.82) is 0 Å². The minimum atomic E-state index is -1.01. The standard InChI is InChI=1S/C20H20FNO5/c1-27-18-7-5-14(12-16(18)21)17(23)6-8-19(24)22-10-9-13-3-2-4-15(11-13)20(25)26/h2-5,7,11-12H,6,8-10H2,1H3,(H,22,24)(H,25,26). The number of methoxy groups -OCH3 is 1. The summed E-state index contributed by atoms with van der Waals surface area (Å²) in [7, 11) is 1.34. The molecule has 1 amide bonds. The lowest BCUT2D eigenvalue weighted by atomic mass is 10.1. The Labute approximate surface area is 156 Å². The monoisotopic (exact) mass is 373 g/mol. The van der Waals surface area contributed by atoms with Gasteiger partial charge in [0.05, 0.1) is 12.7 Å². The molecule has 0 heterocycles. The van der Waals surface area contributed by atoms with Crippen LogP contribution in [0.25, 0.3) is 0 Å². The number of amides is 1. The fourth-order valence-electron chi connectivity index (χ4n) is 2.51. The molecule has 2 aromatic rings. The number of Topliss-reactive ketones (excluding diaryl/α,β-unsaturated/α-hetero) is 1. The molecule has 2 N–H and O–H groups in total. The average molecular weight is 373 g/mol. The second kappa shape index (κ2) is 9.47. The van der Waals surface area contributed by atoms with E-state index in [0.29, 0.717) is 13.0 Å². The highest BCUT2D eigenvalue weighted by atomic mass is 19.1. The summed E-state index contributed by atoms with van der Waals surface area (Å²) in [6.07, 6.45) is 0.429. The van der Waals surface area contributed by atoms with Gasteiger partial charge in [-0.3, -0.25) is 9.59 Å². The van der Waals surface area contributed by atoms with E-state index in [1.54, 1.807) is 18.2 Å². The van der Waals surface area contributed by atoms with Gasteiger partial charge in [-0.2, -0.15) is 0 Å². The molecule has 7 heteroatoms. The molecular weight excluding hydrogens is 353 g/mol. The van der Waals surface area contributed by atoms with Gasteiger partial charge in [0.15, 0.2) is 17.3 Å². The molecule has 0 aliphatic rings. The van der Waals surface area contributed by atoms with Crippen LogP contribution in [0.15, 0.2) is 42.5 Å². The van der Waals surface area contributed by atoms with Gasteiger partial charge in [0.25, 0.3) is 0 Å². The minimum Gasteiger partial charge on any atom is -0.494 e. The number of ether oxygens (including phenoxy) is 1. The van der Waals surface area contributed by atoms with Crippen molar-refractivity contribution in [3.8, 4) is 5.75 Å². The lowest BCUT2D eigenvalue weighted by Crippen LogP contribution is -2.26. The van der Waals surface area contributed by atoms with E-state index >= 15 is 0 Å². The van der Waals surface area contributed by atoms with E-state index in [1.165, 1.54) is 25.3 Å². The van der Waals surface area contributed by atoms with Crippen LogP contribution in [0.1, 0.15) is 39.1 Å². The van der Waals surface area contributed by atoms with E-state index in [4.69, 9.17) is 9.84 Å². The Morgan fingerprint density at radius 1 is 1.07 bits per heavy atom. The van der Waals surface area contributed by atoms with Crippen LogP contribution in [-0.2, 0) is 11.2 Å². The molecule has 0 aliphatic carbocycles. The molecule has 0 aromatic heterocycles. The van der Waals surface area contributed by atoms with Crippen molar-refractivity contribution >= 4 is 17.7 Å². The lowest BCUT2D eigenvalue weighted by molar-refractivity contribution is -0.121. The highest BCUT2D eigenvalue weighted by Gasteiger charge is 2.12.